The van der Waals surface area contributed by atoms with Crippen molar-refractivity contribution in [3.63, 3.8) is 0 Å². The molecule has 2 aromatic carbocycles. The zero-order valence-electron chi connectivity index (χ0n) is 16.6. The average Bonchev–Trinajstić information content (AvgIpc) is 2.72. The third kappa shape index (κ3) is 5.88. The molecule has 1 aliphatic rings. The Kier molecular flexibility index (Phi) is 7.57. The van der Waals surface area contributed by atoms with Gasteiger partial charge in [0.1, 0.15) is 5.82 Å². The second-order valence-electron chi connectivity index (χ2n) is 7.52. The van der Waals surface area contributed by atoms with Crippen LogP contribution in [0.25, 0.3) is 0 Å². The van der Waals surface area contributed by atoms with Crippen LogP contribution in [0, 0.1) is 5.82 Å². The first-order valence-corrected chi connectivity index (χ1v) is 10.1. The summed E-state index contributed by atoms with van der Waals surface area (Å²) in [6.45, 7) is 4.75. The van der Waals surface area contributed by atoms with Gasteiger partial charge in [-0.3, -0.25) is 9.69 Å². The van der Waals surface area contributed by atoms with Crippen molar-refractivity contribution >= 4 is 5.91 Å². The Labute approximate surface area is 167 Å². The fourth-order valence-corrected chi connectivity index (χ4v) is 3.76. The van der Waals surface area contributed by atoms with E-state index in [9.17, 15) is 9.18 Å². The minimum Gasteiger partial charge on any atom is -0.356 e. The van der Waals surface area contributed by atoms with Crippen molar-refractivity contribution in [2.24, 2.45) is 0 Å². The number of aryl methyl sites for hydroxylation is 1. The van der Waals surface area contributed by atoms with Crippen molar-refractivity contribution in [1.82, 2.24) is 15.1 Å². The van der Waals surface area contributed by atoms with Gasteiger partial charge in [-0.2, -0.15) is 0 Å². The standard InChI is InChI=1S/C23H30FN3O/c1-26-16-17-27(22(18-26)20-9-3-2-4-10-20)15-7-14-25-23(28)13-12-19-8-5-6-11-21(19)24/h2-6,8-11,22H,7,12-18H2,1H3,(H,25,28). The highest BCUT2D eigenvalue weighted by atomic mass is 19.1. The van der Waals surface area contributed by atoms with Gasteiger partial charge < -0.3 is 10.2 Å². The molecular weight excluding hydrogens is 353 g/mol. The first-order valence-electron chi connectivity index (χ1n) is 10.1. The molecule has 0 aromatic heterocycles. The number of amides is 1. The third-order valence-electron chi connectivity index (χ3n) is 5.40. The van der Waals surface area contributed by atoms with Crippen molar-refractivity contribution in [2.45, 2.75) is 25.3 Å². The van der Waals surface area contributed by atoms with Gasteiger partial charge >= 0.3 is 0 Å². The Morgan fingerprint density at radius 1 is 1.11 bits per heavy atom. The van der Waals surface area contributed by atoms with Gasteiger partial charge in [-0.1, -0.05) is 48.5 Å². The molecule has 5 heteroatoms. The number of carbonyl (C=O) groups is 1. The fourth-order valence-electron chi connectivity index (χ4n) is 3.76. The van der Waals surface area contributed by atoms with Gasteiger partial charge in [0.15, 0.2) is 0 Å². The van der Waals surface area contributed by atoms with E-state index in [2.05, 4.69) is 52.5 Å². The highest BCUT2D eigenvalue weighted by molar-refractivity contribution is 5.76. The molecule has 1 unspecified atom stereocenters. The lowest BCUT2D eigenvalue weighted by Crippen LogP contribution is -2.47. The first-order chi connectivity index (χ1) is 13.6. The summed E-state index contributed by atoms with van der Waals surface area (Å²) in [6.07, 6.45) is 1.67. The Balaban J connectivity index is 1.41. The molecule has 1 aliphatic heterocycles. The van der Waals surface area contributed by atoms with Crippen molar-refractivity contribution in [1.29, 1.82) is 0 Å². The summed E-state index contributed by atoms with van der Waals surface area (Å²) in [7, 11) is 2.17. The van der Waals surface area contributed by atoms with E-state index in [1.165, 1.54) is 11.6 Å². The van der Waals surface area contributed by atoms with Crippen LogP contribution in [-0.2, 0) is 11.2 Å². The van der Waals surface area contributed by atoms with Crippen LogP contribution in [0.4, 0.5) is 4.39 Å². The summed E-state index contributed by atoms with van der Waals surface area (Å²) >= 11 is 0. The van der Waals surface area contributed by atoms with Gasteiger partial charge in [-0.15, -0.1) is 0 Å². The molecule has 3 rings (SSSR count). The summed E-state index contributed by atoms with van der Waals surface area (Å²) in [4.78, 5) is 16.9. The van der Waals surface area contributed by atoms with Gasteiger partial charge in [0.2, 0.25) is 5.91 Å². The van der Waals surface area contributed by atoms with E-state index in [-0.39, 0.29) is 11.7 Å². The Hall–Kier alpha value is -2.24. The molecule has 2 aromatic rings. The van der Waals surface area contributed by atoms with Gasteiger partial charge in [-0.25, -0.2) is 4.39 Å². The number of likely N-dealkylation sites (N-methyl/N-ethyl adjacent to an activating group) is 1. The number of piperazine rings is 1. The van der Waals surface area contributed by atoms with Gasteiger partial charge in [0.05, 0.1) is 0 Å². The number of hydrogen-bond acceptors (Lipinski definition) is 3. The van der Waals surface area contributed by atoms with E-state index in [1.807, 2.05) is 0 Å². The van der Waals surface area contributed by atoms with E-state index in [1.54, 1.807) is 18.2 Å². The van der Waals surface area contributed by atoms with Crippen molar-refractivity contribution in [3.8, 4) is 0 Å². The van der Waals surface area contributed by atoms with Gasteiger partial charge in [0.25, 0.3) is 0 Å². The molecular formula is C23H30FN3O. The summed E-state index contributed by atoms with van der Waals surface area (Å²) < 4.78 is 13.6. The summed E-state index contributed by atoms with van der Waals surface area (Å²) in [5, 5.41) is 2.98. The quantitative estimate of drug-likeness (QED) is 0.711. The van der Waals surface area contributed by atoms with Crippen molar-refractivity contribution in [2.75, 3.05) is 39.8 Å². The van der Waals surface area contributed by atoms with Crippen LogP contribution in [0.3, 0.4) is 0 Å². The monoisotopic (exact) mass is 383 g/mol. The minimum atomic E-state index is -0.239. The number of nitrogens with one attached hydrogen (secondary N) is 1. The maximum Gasteiger partial charge on any atom is 0.220 e. The number of carbonyl (C=O) groups excluding carboxylic acids is 1. The second-order valence-corrected chi connectivity index (χ2v) is 7.52. The van der Waals surface area contributed by atoms with E-state index >= 15 is 0 Å². The molecule has 28 heavy (non-hydrogen) atoms. The normalized spacial score (nSPS) is 18.1. The number of nitrogens with zero attached hydrogens (tertiary/aromatic N) is 2. The van der Waals surface area contributed by atoms with Crippen LogP contribution < -0.4 is 5.32 Å². The van der Waals surface area contributed by atoms with Crippen LogP contribution in [0.5, 0.6) is 0 Å². The Morgan fingerprint density at radius 2 is 1.86 bits per heavy atom. The zero-order chi connectivity index (χ0) is 19.8. The number of hydrogen-bond donors (Lipinski definition) is 1. The molecule has 0 bridgehead atoms. The number of rotatable bonds is 8. The maximum absolute atomic E-state index is 13.6. The summed E-state index contributed by atoms with van der Waals surface area (Å²) in [6, 6.07) is 17.7. The van der Waals surface area contributed by atoms with Crippen LogP contribution in [0.15, 0.2) is 54.6 Å². The highest BCUT2D eigenvalue weighted by Crippen LogP contribution is 2.24. The number of halogens is 1. The lowest BCUT2D eigenvalue weighted by atomic mass is 10.0. The van der Waals surface area contributed by atoms with Gasteiger partial charge in [0, 0.05) is 45.2 Å². The minimum absolute atomic E-state index is 0.0127. The lowest BCUT2D eigenvalue weighted by Gasteiger charge is -2.40. The van der Waals surface area contributed by atoms with Gasteiger partial charge in [-0.05, 0) is 37.1 Å². The van der Waals surface area contributed by atoms with E-state index in [0.717, 1.165) is 32.6 Å². The molecule has 0 aliphatic carbocycles. The average molecular weight is 384 g/mol. The molecule has 1 amide bonds. The van der Waals surface area contributed by atoms with Crippen LogP contribution in [0.2, 0.25) is 0 Å². The fraction of sp³-hybridized carbons (Fsp3) is 0.435. The summed E-state index contributed by atoms with van der Waals surface area (Å²) in [5.41, 5.74) is 1.95. The third-order valence-corrected chi connectivity index (χ3v) is 5.40. The predicted octanol–water partition coefficient (Wildman–Crippen LogP) is 3.25. The van der Waals surface area contributed by atoms with Crippen molar-refractivity contribution in [3.05, 3.63) is 71.5 Å². The molecule has 1 saturated heterocycles. The summed E-state index contributed by atoms with van der Waals surface area (Å²) in [5.74, 6) is -0.251. The maximum atomic E-state index is 13.6. The first kappa shape index (κ1) is 20.5. The molecule has 150 valence electrons. The largest absolute Gasteiger partial charge is 0.356 e. The molecule has 1 fully saturated rings. The molecule has 1 heterocycles. The molecule has 1 atom stereocenters. The smallest absolute Gasteiger partial charge is 0.220 e. The lowest BCUT2D eigenvalue weighted by molar-refractivity contribution is -0.121. The topological polar surface area (TPSA) is 35.6 Å². The van der Waals surface area contributed by atoms with Crippen molar-refractivity contribution < 1.29 is 9.18 Å². The number of benzene rings is 2. The highest BCUT2D eigenvalue weighted by Gasteiger charge is 2.25. The Bertz CT molecular complexity index is 753. The zero-order valence-corrected chi connectivity index (χ0v) is 16.6. The molecule has 1 N–H and O–H groups in total. The Morgan fingerprint density at radius 3 is 2.64 bits per heavy atom. The second kappa shape index (κ2) is 10.3. The van der Waals surface area contributed by atoms with E-state index in [4.69, 9.17) is 0 Å². The predicted molar refractivity (Wildman–Crippen MR) is 111 cm³/mol. The molecule has 0 saturated carbocycles. The molecule has 0 radical (unpaired) electrons. The van der Waals surface area contributed by atoms with Crippen LogP contribution >= 0.6 is 0 Å². The molecule has 4 nitrogen and oxygen atoms in total. The van der Waals surface area contributed by atoms with Crippen LogP contribution in [0.1, 0.15) is 30.0 Å². The molecule has 0 spiro atoms. The van der Waals surface area contributed by atoms with E-state index in [0.29, 0.717) is 31.0 Å². The van der Waals surface area contributed by atoms with E-state index < -0.39 is 0 Å². The van der Waals surface area contributed by atoms with Crippen LogP contribution in [-0.4, -0.2) is 55.5 Å². The SMILES string of the molecule is CN1CCN(CCCNC(=O)CCc2ccccc2F)C(c2ccccc2)C1.